The van der Waals surface area contributed by atoms with Gasteiger partial charge in [-0.05, 0) is 49.6 Å². The van der Waals surface area contributed by atoms with Crippen LogP contribution in [0.3, 0.4) is 0 Å². The number of unbranched alkanes of at least 4 members (excludes halogenated alkanes) is 1. The van der Waals surface area contributed by atoms with Crippen molar-refractivity contribution in [3.63, 3.8) is 0 Å². The van der Waals surface area contributed by atoms with Crippen molar-refractivity contribution in [3.8, 4) is 11.5 Å². The van der Waals surface area contributed by atoms with Crippen LogP contribution in [0, 0.1) is 13.8 Å². The molecule has 6 heteroatoms. The number of nitrogens with one attached hydrogen (secondary N) is 1. The van der Waals surface area contributed by atoms with Crippen LogP contribution in [0.5, 0.6) is 11.5 Å². The van der Waals surface area contributed by atoms with Gasteiger partial charge in [-0.2, -0.15) is 0 Å². The zero-order valence-corrected chi connectivity index (χ0v) is 17.9. The summed E-state index contributed by atoms with van der Waals surface area (Å²) in [4.78, 5) is 26.6. The number of carbonyl (C=O) groups is 2. The minimum atomic E-state index is -0.264. The van der Waals surface area contributed by atoms with Crippen molar-refractivity contribution in [2.45, 2.75) is 33.6 Å². The Morgan fingerprint density at radius 1 is 1.07 bits per heavy atom. The van der Waals surface area contributed by atoms with E-state index in [4.69, 9.17) is 9.47 Å². The summed E-state index contributed by atoms with van der Waals surface area (Å²) in [5.41, 5.74) is 3.19. The monoisotopic (exact) mass is 398 g/mol. The number of aryl methyl sites for hydroxylation is 2. The highest BCUT2D eigenvalue weighted by atomic mass is 16.5. The van der Waals surface area contributed by atoms with Crippen molar-refractivity contribution in [3.05, 3.63) is 53.1 Å². The third-order valence-electron chi connectivity index (χ3n) is 4.64. The molecule has 0 atom stereocenters. The van der Waals surface area contributed by atoms with Crippen LogP contribution in [-0.4, -0.2) is 44.0 Å². The summed E-state index contributed by atoms with van der Waals surface area (Å²) in [6, 6.07) is 10.9. The molecule has 0 saturated heterocycles. The maximum atomic E-state index is 12.8. The van der Waals surface area contributed by atoms with E-state index in [0.717, 1.165) is 29.7 Å². The maximum absolute atomic E-state index is 12.8. The molecule has 1 N–H and O–H groups in total. The highest BCUT2D eigenvalue weighted by Crippen LogP contribution is 2.28. The number of rotatable bonds is 9. The predicted molar refractivity (Wildman–Crippen MR) is 115 cm³/mol. The molecule has 29 heavy (non-hydrogen) atoms. The Morgan fingerprint density at radius 2 is 1.76 bits per heavy atom. The number of nitrogens with zero attached hydrogens (tertiary/aromatic N) is 1. The average molecular weight is 399 g/mol. The summed E-state index contributed by atoms with van der Waals surface area (Å²) in [5, 5.41) is 2.90. The number of methoxy groups -OCH3 is 1. The van der Waals surface area contributed by atoms with Crippen LogP contribution in [0.2, 0.25) is 0 Å². The van der Waals surface area contributed by atoms with Gasteiger partial charge >= 0.3 is 0 Å². The van der Waals surface area contributed by atoms with Crippen LogP contribution in [0.25, 0.3) is 0 Å². The normalized spacial score (nSPS) is 10.4. The Hall–Kier alpha value is -3.02. The van der Waals surface area contributed by atoms with E-state index >= 15 is 0 Å². The second-order valence-corrected chi connectivity index (χ2v) is 7.04. The Kier molecular flexibility index (Phi) is 8.07. The fourth-order valence-corrected chi connectivity index (χ4v) is 2.94. The molecule has 0 radical (unpaired) electrons. The minimum absolute atomic E-state index is 0.0519. The summed E-state index contributed by atoms with van der Waals surface area (Å²) in [6.45, 7) is 6.51. The van der Waals surface area contributed by atoms with Gasteiger partial charge in [0.1, 0.15) is 0 Å². The molecule has 2 aromatic rings. The van der Waals surface area contributed by atoms with Gasteiger partial charge in [0.25, 0.3) is 5.91 Å². The lowest BCUT2D eigenvalue weighted by molar-refractivity contribution is -0.116. The molecule has 0 unspecified atom stereocenters. The minimum Gasteiger partial charge on any atom is -0.493 e. The Labute approximate surface area is 172 Å². The average Bonchev–Trinajstić information content (AvgIpc) is 2.70. The molecule has 0 fully saturated rings. The van der Waals surface area contributed by atoms with E-state index in [1.54, 1.807) is 25.2 Å². The van der Waals surface area contributed by atoms with Gasteiger partial charge in [0.05, 0.1) is 20.3 Å². The second kappa shape index (κ2) is 10.5. The fourth-order valence-electron chi connectivity index (χ4n) is 2.94. The predicted octanol–water partition coefficient (Wildman–Crippen LogP) is 4.20. The van der Waals surface area contributed by atoms with Gasteiger partial charge in [-0.15, -0.1) is 0 Å². The molecular weight excluding hydrogens is 368 g/mol. The van der Waals surface area contributed by atoms with Crippen LogP contribution in [-0.2, 0) is 4.79 Å². The largest absolute Gasteiger partial charge is 0.493 e. The molecule has 0 aliphatic heterocycles. The first-order valence-corrected chi connectivity index (χ1v) is 9.79. The van der Waals surface area contributed by atoms with E-state index in [0.29, 0.717) is 23.7 Å². The van der Waals surface area contributed by atoms with Gasteiger partial charge in [-0.3, -0.25) is 9.59 Å². The van der Waals surface area contributed by atoms with Crippen LogP contribution >= 0.6 is 0 Å². The fraction of sp³-hybridized carbons (Fsp3) is 0.391. The lowest BCUT2D eigenvalue weighted by Crippen LogP contribution is -2.35. The molecular formula is C23H30N2O4. The van der Waals surface area contributed by atoms with Gasteiger partial charge in [0, 0.05) is 18.3 Å². The first-order chi connectivity index (χ1) is 13.9. The molecule has 0 bridgehead atoms. The molecule has 0 aromatic heterocycles. The molecule has 0 heterocycles. The smallest absolute Gasteiger partial charge is 0.254 e. The van der Waals surface area contributed by atoms with E-state index in [9.17, 15) is 9.59 Å². The van der Waals surface area contributed by atoms with E-state index in [2.05, 4.69) is 12.2 Å². The number of benzene rings is 2. The first-order valence-electron chi connectivity index (χ1n) is 9.79. The van der Waals surface area contributed by atoms with Crippen molar-refractivity contribution < 1.29 is 19.1 Å². The lowest BCUT2D eigenvalue weighted by Gasteiger charge is -2.19. The Balaban J connectivity index is 2.04. The van der Waals surface area contributed by atoms with Crippen LogP contribution in [0.15, 0.2) is 36.4 Å². The number of anilines is 1. The number of para-hydroxylation sites is 1. The highest BCUT2D eigenvalue weighted by molar-refractivity contribution is 6.00. The third-order valence-corrected chi connectivity index (χ3v) is 4.64. The quantitative estimate of drug-likeness (QED) is 0.643. The zero-order valence-electron chi connectivity index (χ0n) is 17.9. The number of hydrogen-bond donors (Lipinski definition) is 1. The van der Waals surface area contributed by atoms with E-state index in [1.165, 1.54) is 12.0 Å². The molecule has 0 saturated carbocycles. The summed E-state index contributed by atoms with van der Waals surface area (Å²) >= 11 is 0. The van der Waals surface area contributed by atoms with Crippen LogP contribution in [0.4, 0.5) is 5.69 Å². The Morgan fingerprint density at radius 3 is 2.38 bits per heavy atom. The van der Waals surface area contributed by atoms with Crippen molar-refractivity contribution in [1.29, 1.82) is 0 Å². The van der Waals surface area contributed by atoms with Gasteiger partial charge in [-0.1, -0.05) is 31.5 Å². The Bertz CT molecular complexity index is 844. The molecule has 2 rings (SSSR count). The lowest BCUT2D eigenvalue weighted by atomic mass is 10.1. The third kappa shape index (κ3) is 5.98. The second-order valence-electron chi connectivity index (χ2n) is 7.04. The summed E-state index contributed by atoms with van der Waals surface area (Å²) in [7, 11) is 3.14. The molecule has 2 aromatic carbocycles. The SMILES string of the molecule is CCCCOc1ccc(C(=O)N(C)CC(=O)Nc2c(C)cccc2C)cc1OC. The van der Waals surface area contributed by atoms with E-state index in [1.807, 2.05) is 32.0 Å². The number of amides is 2. The van der Waals surface area contributed by atoms with Gasteiger partial charge in [0.15, 0.2) is 11.5 Å². The van der Waals surface area contributed by atoms with Crippen molar-refractivity contribution in [2.24, 2.45) is 0 Å². The molecule has 0 aliphatic carbocycles. The highest BCUT2D eigenvalue weighted by Gasteiger charge is 2.18. The summed E-state index contributed by atoms with van der Waals surface area (Å²) in [5.74, 6) is 0.595. The van der Waals surface area contributed by atoms with Crippen molar-refractivity contribution in [2.75, 3.05) is 32.6 Å². The van der Waals surface area contributed by atoms with Crippen molar-refractivity contribution in [1.82, 2.24) is 4.90 Å². The van der Waals surface area contributed by atoms with Crippen LogP contribution < -0.4 is 14.8 Å². The molecule has 6 nitrogen and oxygen atoms in total. The zero-order chi connectivity index (χ0) is 21.4. The van der Waals surface area contributed by atoms with Gasteiger partial charge in [0.2, 0.25) is 5.91 Å². The number of likely N-dealkylation sites (N-methyl/N-ethyl adjacent to an activating group) is 1. The maximum Gasteiger partial charge on any atom is 0.254 e. The molecule has 0 aliphatic rings. The van der Waals surface area contributed by atoms with Crippen LogP contribution in [0.1, 0.15) is 41.3 Å². The van der Waals surface area contributed by atoms with Gasteiger partial charge in [-0.25, -0.2) is 0 Å². The first kappa shape index (κ1) is 22.3. The summed E-state index contributed by atoms with van der Waals surface area (Å²) < 4.78 is 11.1. The summed E-state index contributed by atoms with van der Waals surface area (Å²) in [6.07, 6.45) is 1.98. The molecule has 2 amide bonds. The molecule has 0 spiro atoms. The number of carbonyl (C=O) groups excluding carboxylic acids is 2. The standard InChI is InChI=1S/C23H30N2O4/c1-6-7-13-29-19-12-11-18(14-20(19)28-5)23(27)25(4)15-21(26)24-22-16(2)9-8-10-17(22)3/h8-12,14H,6-7,13,15H2,1-5H3,(H,24,26). The topological polar surface area (TPSA) is 67.9 Å². The van der Waals surface area contributed by atoms with Crippen molar-refractivity contribution >= 4 is 17.5 Å². The number of ether oxygens (including phenoxy) is 2. The van der Waals surface area contributed by atoms with E-state index in [-0.39, 0.29) is 18.4 Å². The number of hydrogen-bond acceptors (Lipinski definition) is 4. The van der Waals surface area contributed by atoms with E-state index < -0.39 is 0 Å². The molecule has 156 valence electrons. The van der Waals surface area contributed by atoms with Gasteiger partial charge < -0.3 is 19.7 Å².